The highest BCUT2D eigenvalue weighted by Crippen LogP contribution is 2.08. The van der Waals surface area contributed by atoms with Gasteiger partial charge in [0.15, 0.2) is 0 Å². The van der Waals surface area contributed by atoms with Gasteiger partial charge in [-0.05, 0) is 58.9 Å². The zero-order valence-electron chi connectivity index (χ0n) is 12.1. The summed E-state index contributed by atoms with van der Waals surface area (Å²) in [6.45, 7) is 10.4. The van der Waals surface area contributed by atoms with Crippen molar-refractivity contribution >= 4 is 37.2 Å². The molecule has 0 N–H and O–H groups in total. The highest BCUT2D eigenvalue weighted by atomic mass is 35.5. The molecule has 0 atom stereocenters. The first-order valence-corrected chi connectivity index (χ1v) is 6.98. The van der Waals surface area contributed by atoms with Crippen LogP contribution in [-0.4, -0.2) is 74.1 Å². The van der Waals surface area contributed by atoms with E-state index in [4.69, 9.17) is 0 Å². The van der Waals surface area contributed by atoms with Crippen LogP contribution in [0.5, 0.6) is 0 Å². The molecule has 0 aromatic heterocycles. The first-order chi connectivity index (χ1) is 7.84. The first-order valence-electron chi connectivity index (χ1n) is 6.98. The minimum atomic E-state index is 0. The number of hydrogen-bond donors (Lipinski definition) is 0. The Balaban J connectivity index is 0. The highest BCUT2D eigenvalue weighted by Gasteiger charge is 2.13. The number of likely N-dealkylation sites (N-methyl/N-ethyl adjacent to an activating group) is 1. The Morgan fingerprint density at radius 1 is 0.684 bits per heavy atom. The van der Waals surface area contributed by atoms with Crippen LogP contribution in [-0.2, 0) is 0 Å². The maximum atomic E-state index is 2.60. The molecule has 0 saturated carbocycles. The van der Waals surface area contributed by atoms with Crippen LogP contribution in [0.2, 0.25) is 0 Å². The van der Waals surface area contributed by atoms with Crippen molar-refractivity contribution in [2.45, 2.75) is 25.7 Å². The topological polar surface area (TPSA) is 9.72 Å². The second-order valence-electron chi connectivity index (χ2n) is 5.40. The molecule has 0 aromatic carbocycles. The number of halogens is 3. The maximum Gasteiger partial charge on any atom is 0.0109 e. The summed E-state index contributed by atoms with van der Waals surface area (Å²) in [5, 5.41) is 0. The Morgan fingerprint density at radius 2 is 1.00 bits per heavy atom. The lowest BCUT2D eigenvalue weighted by Gasteiger charge is -2.23. The van der Waals surface area contributed by atoms with Gasteiger partial charge in [0.05, 0.1) is 0 Å². The van der Waals surface area contributed by atoms with E-state index in [0.29, 0.717) is 0 Å². The van der Waals surface area contributed by atoms with Gasteiger partial charge in [0.25, 0.3) is 0 Å². The van der Waals surface area contributed by atoms with E-state index in [9.17, 15) is 0 Å². The molecule has 118 valence electrons. The standard InChI is InChI=1S/C13H27N3.3ClH/c1-14(10-12-15-6-2-3-7-15)11-13-16-8-4-5-9-16;;;/h2-13H2,1H3;3*1H. The molecule has 2 saturated heterocycles. The van der Waals surface area contributed by atoms with Crippen molar-refractivity contribution in [1.82, 2.24) is 14.7 Å². The average molecular weight is 335 g/mol. The van der Waals surface area contributed by atoms with Gasteiger partial charge in [0.1, 0.15) is 0 Å². The number of nitrogens with zero attached hydrogens (tertiary/aromatic N) is 3. The van der Waals surface area contributed by atoms with E-state index in [0.717, 1.165) is 0 Å². The fourth-order valence-electron chi connectivity index (χ4n) is 2.75. The lowest BCUT2D eigenvalue weighted by molar-refractivity contribution is 0.226. The van der Waals surface area contributed by atoms with Gasteiger partial charge in [-0.15, -0.1) is 37.2 Å². The molecule has 2 aliphatic heterocycles. The van der Waals surface area contributed by atoms with Crippen LogP contribution >= 0.6 is 37.2 Å². The van der Waals surface area contributed by atoms with Gasteiger partial charge in [0.2, 0.25) is 0 Å². The van der Waals surface area contributed by atoms with Crippen molar-refractivity contribution < 1.29 is 0 Å². The first kappa shape index (κ1) is 22.0. The second kappa shape index (κ2) is 12.5. The zero-order chi connectivity index (χ0) is 11.2. The molecule has 3 nitrogen and oxygen atoms in total. The molecule has 2 aliphatic rings. The number of likely N-dealkylation sites (tertiary alicyclic amines) is 2. The molecular formula is C13H30Cl3N3. The Hall–Kier alpha value is 0.750. The van der Waals surface area contributed by atoms with Crippen LogP contribution in [0.3, 0.4) is 0 Å². The largest absolute Gasteiger partial charge is 0.304 e. The molecule has 0 radical (unpaired) electrons. The van der Waals surface area contributed by atoms with Gasteiger partial charge >= 0.3 is 0 Å². The van der Waals surface area contributed by atoms with E-state index in [-0.39, 0.29) is 37.2 Å². The molecule has 0 unspecified atom stereocenters. The van der Waals surface area contributed by atoms with Gasteiger partial charge < -0.3 is 14.7 Å². The highest BCUT2D eigenvalue weighted by molar-refractivity contribution is 5.86. The zero-order valence-corrected chi connectivity index (χ0v) is 14.5. The Bertz CT molecular complexity index is 176. The van der Waals surface area contributed by atoms with Crippen molar-refractivity contribution in [3.05, 3.63) is 0 Å². The normalized spacial score (nSPS) is 19.9. The summed E-state index contributed by atoms with van der Waals surface area (Å²) in [4.78, 5) is 7.70. The van der Waals surface area contributed by atoms with Gasteiger partial charge in [-0.2, -0.15) is 0 Å². The van der Waals surface area contributed by atoms with E-state index in [1.807, 2.05) is 0 Å². The van der Waals surface area contributed by atoms with Gasteiger partial charge in [-0.3, -0.25) is 0 Å². The van der Waals surface area contributed by atoms with Gasteiger partial charge in [-0.1, -0.05) is 0 Å². The number of hydrogen-bond acceptors (Lipinski definition) is 3. The number of rotatable bonds is 6. The van der Waals surface area contributed by atoms with E-state index >= 15 is 0 Å². The molecule has 2 fully saturated rings. The molecule has 0 aliphatic carbocycles. The maximum absolute atomic E-state index is 2.60. The van der Waals surface area contributed by atoms with Gasteiger partial charge in [-0.25, -0.2) is 0 Å². The van der Waals surface area contributed by atoms with E-state index in [1.165, 1.54) is 78.0 Å². The smallest absolute Gasteiger partial charge is 0.0109 e. The van der Waals surface area contributed by atoms with Crippen LogP contribution < -0.4 is 0 Å². The lowest BCUT2D eigenvalue weighted by Crippen LogP contribution is -2.36. The fraction of sp³-hybridized carbons (Fsp3) is 1.00. The molecule has 2 rings (SSSR count). The summed E-state index contributed by atoms with van der Waals surface area (Å²) < 4.78 is 0. The fourth-order valence-corrected chi connectivity index (χ4v) is 2.75. The van der Waals surface area contributed by atoms with E-state index in [1.54, 1.807) is 0 Å². The molecule has 0 aromatic rings. The summed E-state index contributed by atoms with van der Waals surface area (Å²) >= 11 is 0. The van der Waals surface area contributed by atoms with Crippen LogP contribution in [0.15, 0.2) is 0 Å². The molecule has 0 spiro atoms. The predicted octanol–water partition coefficient (Wildman–Crippen LogP) is 2.38. The summed E-state index contributed by atoms with van der Waals surface area (Å²) in [6, 6.07) is 0. The van der Waals surface area contributed by atoms with Crippen LogP contribution in [0.1, 0.15) is 25.7 Å². The summed E-state index contributed by atoms with van der Waals surface area (Å²) in [6.07, 6.45) is 5.66. The van der Waals surface area contributed by atoms with Crippen molar-refractivity contribution in [3.8, 4) is 0 Å². The monoisotopic (exact) mass is 333 g/mol. The average Bonchev–Trinajstić information content (AvgIpc) is 2.96. The minimum absolute atomic E-state index is 0. The molecule has 19 heavy (non-hydrogen) atoms. The summed E-state index contributed by atoms with van der Waals surface area (Å²) in [7, 11) is 2.27. The quantitative estimate of drug-likeness (QED) is 0.738. The van der Waals surface area contributed by atoms with Gasteiger partial charge in [0, 0.05) is 26.2 Å². The van der Waals surface area contributed by atoms with Crippen molar-refractivity contribution in [2.24, 2.45) is 0 Å². The molecule has 0 amide bonds. The van der Waals surface area contributed by atoms with Crippen LogP contribution in [0, 0.1) is 0 Å². The van der Waals surface area contributed by atoms with E-state index in [2.05, 4.69) is 21.7 Å². The van der Waals surface area contributed by atoms with E-state index < -0.39 is 0 Å². The van der Waals surface area contributed by atoms with Crippen LogP contribution in [0.4, 0.5) is 0 Å². The van der Waals surface area contributed by atoms with Crippen molar-refractivity contribution in [1.29, 1.82) is 0 Å². The van der Waals surface area contributed by atoms with Crippen molar-refractivity contribution in [2.75, 3.05) is 59.4 Å². The minimum Gasteiger partial charge on any atom is -0.304 e. The molecular weight excluding hydrogens is 305 g/mol. The molecule has 2 heterocycles. The Labute approximate surface area is 137 Å². The lowest BCUT2D eigenvalue weighted by atomic mass is 10.4. The van der Waals surface area contributed by atoms with Crippen LogP contribution in [0.25, 0.3) is 0 Å². The summed E-state index contributed by atoms with van der Waals surface area (Å²) in [5.41, 5.74) is 0. The third kappa shape index (κ3) is 8.59. The SMILES string of the molecule is CN(CCN1CCCC1)CCN1CCCC1.Cl.Cl.Cl. The predicted molar refractivity (Wildman–Crippen MR) is 90.6 cm³/mol. The van der Waals surface area contributed by atoms with Crippen molar-refractivity contribution in [3.63, 3.8) is 0 Å². The summed E-state index contributed by atoms with van der Waals surface area (Å²) in [5.74, 6) is 0. The third-order valence-electron chi connectivity index (χ3n) is 3.99. The molecule has 0 bridgehead atoms. The second-order valence-corrected chi connectivity index (χ2v) is 5.40. The Kier molecular flexibility index (Phi) is 14.5. The third-order valence-corrected chi connectivity index (χ3v) is 3.99. The Morgan fingerprint density at radius 3 is 1.32 bits per heavy atom. The molecule has 6 heteroatoms.